The molecule has 7 nitrogen and oxygen atoms in total. The minimum Gasteiger partial charge on any atom is -0.493 e. The van der Waals surface area contributed by atoms with E-state index in [4.69, 9.17) is 9.47 Å². The molecule has 2 N–H and O–H groups in total. The fourth-order valence-electron chi connectivity index (χ4n) is 2.69. The lowest BCUT2D eigenvalue weighted by Gasteiger charge is -2.16. The van der Waals surface area contributed by atoms with Crippen molar-refractivity contribution in [2.24, 2.45) is 10.4 Å². The lowest BCUT2D eigenvalue weighted by Crippen LogP contribution is -2.32. The van der Waals surface area contributed by atoms with Crippen LogP contribution in [0.4, 0.5) is 5.69 Å². The summed E-state index contributed by atoms with van der Waals surface area (Å²) in [7, 11) is 0.181. The first-order valence-electron chi connectivity index (χ1n) is 8.26. The van der Waals surface area contributed by atoms with Gasteiger partial charge in [-0.3, -0.25) is 4.99 Å². The third kappa shape index (κ3) is 6.82. The smallest absolute Gasteiger partial charge is 0.195 e. The Labute approximate surface area is 172 Å². The largest absolute Gasteiger partial charge is 0.493 e. The van der Waals surface area contributed by atoms with Gasteiger partial charge in [0, 0.05) is 36.5 Å². The van der Waals surface area contributed by atoms with Gasteiger partial charge in [0.05, 0.1) is 20.0 Å². The van der Waals surface area contributed by atoms with Gasteiger partial charge in [-0.1, -0.05) is 0 Å². The second-order valence-corrected chi connectivity index (χ2v) is 8.60. The molecule has 1 aliphatic carbocycles. The van der Waals surface area contributed by atoms with Crippen LogP contribution in [0.3, 0.4) is 0 Å². The Hall–Kier alpha value is -1.23. The summed E-state index contributed by atoms with van der Waals surface area (Å²) in [6.07, 6.45) is 3.09. The zero-order valence-electron chi connectivity index (χ0n) is 15.7. The average molecular weight is 497 g/mol. The molecule has 0 unspecified atom stereocenters. The van der Waals surface area contributed by atoms with Crippen LogP contribution in [0.1, 0.15) is 19.8 Å². The van der Waals surface area contributed by atoms with Gasteiger partial charge in [0.2, 0.25) is 0 Å². The van der Waals surface area contributed by atoms with Crippen LogP contribution >= 0.6 is 24.0 Å². The highest BCUT2D eigenvalue weighted by molar-refractivity contribution is 14.0. The Morgan fingerprint density at radius 1 is 1.23 bits per heavy atom. The first kappa shape index (κ1) is 22.8. The summed E-state index contributed by atoms with van der Waals surface area (Å²) in [5, 5.41) is 6.40. The monoisotopic (exact) mass is 497 g/mol. The Kier molecular flexibility index (Phi) is 8.45. The van der Waals surface area contributed by atoms with Gasteiger partial charge in [-0.25, -0.2) is 8.42 Å². The Morgan fingerprint density at radius 3 is 2.38 bits per heavy atom. The molecule has 0 aliphatic heterocycles. The van der Waals surface area contributed by atoms with E-state index >= 15 is 0 Å². The maximum Gasteiger partial charge on any atom is 0.195 e. The zero-order chi connectivity index (χ0) is 18.5. The number of guanidine groups is 1. The molecule has 1 fully saturated rings. The van der Waals surface area contributed by atoms with Crippen LogP contribution in [-0.4, -0.2) is 53.7 Å². The number of ether oxygens (including phenoxy) is 2. The molecule has 0 atom stereocenters. The molecule has 9 heteroatoms. The highest BCUT2D eigenvalue weighted by Crippen LogP contribution is 2.46. The standard InChI is InChI=1S/C17H27N3O4S.HI/c1-5-18-16(19-11-17(8-9-17)12-25(4,21)22)20-13-6-7-14(23-2)15(10-13)24-3;/h6-7,10H,5,8-9,11-12H2,1-4H3,(H2,18,19,20);1H. The highest BCUT2D eigenvalue weighted by Gasteiger charge is 2.45. The molecule has 0 spiro atoms. The molecular formula is C17H28IN3O4S. The number of rotatable bonds is 8. The first-order valence-corrected chi connectivity index (χ1v) is 10.3. The number of aliphatic imine (C=N–C) groups is 1. The van der Waals surface area contributed by atoms with Gasteiger partial charge in [0.25, 0.3) is 0 Å². The van der Waals surface area contributed by atoms with Gasteiger partial charge in [0.1, 0.15) is 9.84 Å². The summed E-state index contributed by atoms with van der Waals surface area (Å²) in [5.74, 6) is 2.09. The molecule has 1 aliphatic rings. The summed E-state index contributed by atoms with van der Waals surface area (Å²) in [4.78, 5) is 4.58. The van der Waals surface area contributed by atoms with Crippen molar-refractivity contribution in [1.82, 2.24) is 5.32 Å². The van der Waals surface area contributed by atoms with Crippen LogP contribution in [0.25, 0.3) is 0 Å². The summed E-state index contributed by atoms with van der Waals surface area (Å²) in [6, 6.07) is 5.52. The number of hydrogen-bond donors (Lipinski definition) is 2. The summed E-state index contributed by atoms with van der Waals surface area (Å²) in [6.45, 7) is 3.18. The fraction of sp³-hybridized carbons (Fsp3) is 0.588. The second-order valence-electron chi connectivity index (χ2n) is 6.46. The van der Waals surface area contributed by atoms with E-state index in [1.54, 1.807) is 14.2 Å². The fourth-order valence-corrected chi connectivity index (χ4v) is 4.18. The Morgan fingerprint density at radius 2 is 1.88 bits per heavy atom. The van der Waals surface area contributed by atoms with E-state index in [1.165, 1.54) is 6.26 Å². The zero-order valence-corrected chi connectivity index (χ0v) is 18.8. The second kappa shape index (κ2) is 9.63. The maximum absolute atomic E-state index is 11.6. The van der Waals surface area contributed by atoms with Gasteiger partial charge in [-0.05, 0) is 31.9 Å². The van der Waals surface area contributed by atoms with Gasteiger partial charge in [0.15, 0.2) is 17.5 Å². The van der Waals surface area contributed by atoms with Crippen molar-refractivity contribution in [3.8, 4) is 11.5 Å². The number of anilines is 1. The number of hydrogen-bond acceptors (Lipinski definition) is 5. The van der Waals surface area contributed by atoms with Gasteiger partial charge in [-0.15, -0.1) is 24.0 Å². The molecule has 1 aromatic rings. The van der Waals surface area contributed by atoms with Crippen LogP contribution in [-0.2, 0) is 9.84 Å². The summed E-state index contributed by atoms with van der Waals surface area (Å²) in [5.41, 5.74) is 0.610. The molecule has 148 valence electrons. The van der Waals surface area contributed by atoms with Crippen molar-refractivity contribution in [2.75, 3.05) is 44.6 Å². The van der Waals surface area contributed by atoms with Crippen LogP contribution in [0.2, 0.25) is 0 Å². The van der Waals surface area contributed by atoms with Crippen LogP contribution in [0, 0.1) is 5.41 Å². The first-order chi connectivity index (χ1) is 11.8. The molecule has 0 radical (unpaired) electrons. The van der Waals surface area contributed by atoms with E-state index in [0.29, 0.717) is 30.5 Å². The normalized spacial score (nSPS) is 15.6. The number of halogens is 1. The van der Waals surface area contributed by atoms with Crippen LogP contribution < -0.4 is 20.1 Å². The van der Waals surface area contributed by atoms with Crippen molar-refractivity contribution in [2.45, 2.75) is 19.8 Å². The molecule has 1 saturated carbocycles. The minimum absolute atomic E-state index is 0. The third-order valence-electron chi connectivity index (χ3n) is 4.09. The van der Waals surface area contributed by atoms with Crippen LogP contribution in [0.5, 0.6) is 11.5 Å². The van der Waals surface area contributed by atoms with Gasteiger partial charge in [-0.2, -0.15) is 0 Å². The molecule has 0 aromatic heterocycles. The van der Waals surface area contributed by atoms with E-state index in [2.05, 4.69) is 15.6 Å². The summed E-state index contributed by atoms with van der Waals surface area (Å²) >= 11 is 0. The SMILES string of the molecule is CCNC(=NCC1(CS(C)(=O)=O)CC1)Nc1ccc(OC)c(OC)c1.I. The lowest BCUT2D eigenvalue weighted by molar-refractivity contribution is 0.355. The van der Waals surface area contributed by atoms with E-state index < -0.39 is 9.84 Å². The molecule has 0 amide bonds. The molecular weight excluding hydrogens is 469 g/mol. The molecule has 0 saturated heterocycles. The average Bonchev–Trinajstić information content (AvgIpc) is 3.30. The van der Waals surface area contributed by atoms with Crippen molar-refractivity contribution >= 4 is 45.5 Å². The van der Waals surface area contributed by atoms with Crippen molar-refractivity contribution in [1.29, 1.82) is 0 Å². The molecule has 1 aromatic carbocycles. The van der Waals surface area contributed by atoms with Crippen molar-refractivity contribution in [3.63, 3.8) is 0 Å². The molecule has 0 bridgehead atoms. The molecule has 2 rings (SSSR count). The highest BCUT2D eigenvalue weighted by atomic mass is 127. The van der Waals surface area contributed by atoms with E-state index in [-0.39, 0.29) is 35.1 Å². The van der Waals surface area contributed by atoms with E-state index in [0.717, 1.165) is 18.5 Å². The molecule has 26 heavy (non-hydrogen) atoms. The number of sulfone groups is 1. The van der Waals surface area contributed by atoms with E-state index in [1.807, 2.05) is 25.1 Å². The summed E-state index contributed by atoms with van der Waals surface area (Å²) < 4.78 is 33.7. The molecule has 0 heterocycles. The quantitative estimate of drug-likeness (QED) is 0.326. The third-order valence-corrected chi connectivity index (χ3v) is 5.23. The predicted octanol–water partition coefficient (Wildman–Crippen LogP) is 2.52. The maximum atomic E-state index is 11.6. The van der Waals surface area contributed by atoms with Crippen molar-refractivity contribution in [3.05, 3.63) is 18.2 Å². The Bertz CT molecular complexity index is 734. The number of benzene rings is 1. The number of nitrogens with one attached hydrogen (secondary N) is 2. The van der Waals surface area contributed by atoms with Crippen molar-refractivity contribution < 1.29 is 17.9 Å². The lowest BCUT2D eigenvalue weighted by atomic mass is 10.1. The van der Waals surface area contributed by atoms with E-state index in [9.17, 15) is 8.42 Å². The minimum atomic E-state index is -3.00. The number of nitrogens with zero attached hydrogens (tertiary/aromatic N) is 1. The predicted molar refractivity (Wildman–Crippen MR) is 116 cm³/mol. The number of methoxy groups -OCH3 is 2. The van der Waals surface area contributed by atoms with Gasteiger partial charge >= 0.3 is 0 Å². The Balaban J connectivity index is 0.00000338. The van der Waals surface area contributed by atoms with Crippen LogP contribution in [0.15, 0.2) is 23.2 Å². The van der Waals surface area contributed by atoms with Gasteiger partial charge < -0.3 is 20.1 Å². The topological polar surface area (TPSA) is 89.0 Å².